The van der Waals surface area contributed by atoms with Gasteiger partial charge < -0.3 is 15.0 Å². The van der Waals surface area contributed by atoms with Crippen LogP contribution in [0, 0.1) is 0 Å². The molecule has 0 aliphatic carbocycles. The normalized spacial score (nSPS) is 17.5. The van der Waals surface area contributed by atoms with Crippen LogP contribution < -0.4 is 10.1 Å². The molecule has 0 radical (unpaired) electrons. The average Bonchev–Trinajstić information content (AvgIpc) is 2.90. The van der Waals surface area contributed by atoms with E-state index in [1.165, 1.54) is 0 Å². The van der Waals surface area contributed by atoms with Crippen molar-refractivity contribution < 1.29 is 9.53 Å². The first-order chi connectivity index (χ1) is 12.7. The zero-order valence-corrected chi connectivity index (χ0v) is 15.8. The summed E-state index contributed by atoms with van der Waals surface area (Å²) in [6.07, 6.45) is 4.14. The molecule has 1 aliphatic heterocycles. The molecule has 1 atom stereocenters. The molecule has 0 aromatic heterocycles. The number of nitrogens with one attached hydrogen (secondary N) is 1. The lowest BCUT2D eigenvalue weighted by Crippen LogP contribution is -2.38. The van der Waals surface area contributed by atoms with Gasteiger partial charge in [0.25, 0.3) is 0 Å². The van der Waals surface area contributed by atoms with Gasteiger partial charge in [-0.05, 0) is 43.5 Å². The van der Waals surface area contributed by atoms with Gasteiger partial charge in [0.2, 0.25) is 0 Å². The number of hydrogen-bond acceptors (Lipinski definition) is 2. The van der Waals surface area contributed by atoms with E-state index in [1.807, 2.05) is 60.4 Å². The van der Waals surface area contributed by atoms with E-state index < -0.39 is 0 Å². The predicted molar refractivity (Wildman–Crippen MR) is 106 cm³/mol. The van der Waals surface area contributed by atoms with Gasteiger partial charge in [-0.3, -0.25) is 0 Å². The first kappa shape index (κ1) is 18.6. The molecule has 0 bridgehead atoms. The molecule has 3 rings (SSSR count). The van der Waals surface area contributed by atoms with Gasteiger partial charge in [-0.1, -0.05) is 54.8 Å². The zero-order valence-electron chi connectivity index (χ0n) is 15.1. The summed E-state index contributed by atoms with van der Waals surface area (Å²) in [4.78, 5) is 15.0. The standard InChI is InChI=1S/C21H25ClN2O2/c1-2-26-20-14-8-7-12-18(20)23-21(25)24-15-9-3-4-13-19(24)16-10-5-6-11-17(16)22/h5-8,10-12,14,19H,2-4,9,13,15H2,1H3,(H,23,25)/t19-/m0/s1. The highest BCUT2D eigenvalue weighted by Crippen LogP contribution is 2.35. The fraction of sp³-hybridized carbons (Fsp3) is 0.381. The molecule has 0 saturated carbocycles. The maximum Gasteiger partial charge on any atom is 0.322 e. The van der Waals surface area contributed by atoms with E-state index in [0.717, 1.165) is 37.8 Å². The van der Waals surface area contributed by atoms with E-state index >= 15 is 0 Å². The number of rotatable bonds is 4. The number of halogens is 1. The molecular formula is C21H25ClN2O2. The second-order valence-corrected chi connectivity index (χ2v) is 6.85. The Kier molecular flexibility index (Phi) is 6.40. The summed E-state index contributed by atoms with van der Waals surface area (Å²) in [5.41, 5.74) is 1.71. The SMILES string of the molecule is CCOc1ccccc1NC(=O)N1CCCCC[C@H]1c1ccccc1Cl. The minimum absolute atomic E-state index is 0.00884. The van der Waals surface area contributed by atoms with Crippen molar-refractivity contribution in [3.05, 3.63) is 59.1 Å². The molecule has 2 aromatic carbocycles. The lowest BCUT2D eigenvalue weighted by molar-refractivity contribution is 0.189. The van der Waals surface area contributed by atoms with Gasteiger partial charge in [-0.15, -0.1) is 0 Å². The van der Waals surface area contributed by atoms with Crippen LogP contribution in [0.5, 0.6) is 5.75 Å². The number of benzene rings is 2. The van der Waals surface area contributed by atoms with Gasteiger partial charge in [-0.2, -0.15) is 0 Å². The van der Waals surface area contributed by atoms with E-state index in [1.54, 1.807) is 0 Å². The van der Waals surface area contributed by atoms with Gasteiger partial charge in [0.15, 0.2) is 0 Å². The van der Waals surface area contributed by atoms with Crippen LogP contribution in [0.15, 0.2) is 48.5 Å². The van der Waals surface area contributed by atoms with Gasteiger partial charge in [0.1, 0.15) is 5.75 Å². The van der Waals surface area contributed by atoms with Crippen molar-refractivity contribution in [3.8, 4) is 5.75 Å². The van der Waals surface area contributed by atoms with E-state index in [9.17, 15) is 4.79 Å². The number of likely N-dealkylation sites (tertiary alicyclic amines) is 1. The molecule has 5 heteroatoms. The Morgan fingerprint density at radius 1 is 1.15 bits per heavy atom. The Morgan fingerprint density at radius 2 is 1.92 bits per heavy atom. The highest BCUT2D eigenvalue weighted by atomic mass is 35.5. The largest absolute Gasteiger partial charge is 0.492 e. The van der Waals surface area contributed by atoms with Crippen molar-refractivity contribution in [2.75, 3.05) is 18.5 Å². The van der Waals surface area contributed by atoms with E-state index in [0.29, 0.717) is 23.1 Å². The van der Waals surface area contributed by atoms with Crippen molar-refractivity contribution in [1.29, 1.82) is 0 Å². The molecule has 0 unspecified atom stereocenters. The van der Waals surface area contributed by atoms with Crippen LogP contribution in [-0.4, -0.2) is 24.1 Å². The third-order valence-electron chi connectivity index (χ3n) is 4.71. The minimum Gasteiger partial charge on any atom is -0.492 e. The van der Waals surface area contributed by atoms with Crippen LogP contribution in [0.3, 0.4) is 0 Å². The zero-order chi connectivity index (χ0) is 18.4. The molecule has 1 fully saturated rings. The third-order valence-corrected chi connectivity index (χ3v) is 5.05. The summed E-state index contributed by atoms with van der Waals surface area (Å²) in [5.74, 6) is 0.687. The van der Waals surface area contributed by atoms with E-state index in [2.05, 4.69) is 5.32 Å². The fourth-order valence-corrected chi connectivity index (χ4v) is 3.72. The highest BCUT2D eigenvalue weighted by molar-refractivity contribution is 6.31. The highest BCUT2D eigenvalue weighted by Gasteiger charge is 2.28. The number of carbonyl (C=O) groups is 1. The minimum atomic E-state index is -0.107. The summed E-state index contributed by atoms with van der Waals surface area (Å²) in [6, 6.07) is 15.2. The number of carbonyl (C=O) groups excluding carboxylic acids is 1. The molecule has 1 aliphatic rings. The molecule has 1 saturated heterocycles. The number of para-hydroxylation sites is 2. The molecule has 1 N–H and O–H groups in total. The first-order valence-electron chi connectivity index (χ1n) is 9.24. The van der Waals surface area contributed by atoms with Gasteiger partial charge in [-0.25, -0.2) is 4.79 Å². The second-order valence-electron chi connectivity index (χ2n) is 6.44. The Balaban J connectivity index is 1.84. The van der Waals surface area contributed by atoms with E-state index in [-0.39, 0.29) is 12.1 Å². The van der Waals surface area contributed by atoms with Gasteiger partial charge in [0, 0.05) is 11.6 Å². The van der Waals surface area contributed by atoms with Gasteiger partial charge in [0.05, 0.1) is 18.3 Å². The smallest absolute Gasteiger partial charge is 0.322 e. The first-order valence-corrected chi connectivity index (χ1v) is 9.62. The number of amides is 2. The van der Waals surface area contributed by atoms with Gasteiger partial charge >= 0.3 is 6.03 Å². The quantitative estimate of drug-likeness (QED) is 0.727. The third kappa shape index (κ3) is 4.31. The monoisotopic (exact) mass is 372 g/mol. The second kappa shape index (κ2) is 8.95. The summed E-state index contributed by atoms with van der Waals surface area (Å²) in [6.45, 7) is 3.21. The molecule has 1 heterocycles. The number of nitrogens with zero attached hydrogens (tertiary/aromatic N) is 1. The number of urea groups is 1. The van der Waals surface area contributed by atoms with Crippen LogP contribution in [0.1, 0.15) is 44.2 Å². The molecule has 4 nitrogen and oxygen atoms in total. The maximum absolute atomic E-state index is 13.1. The number of hydrogen-bond donors (Lipinski definition) is 1. The Morgan fingerprint density at radius 3 is 2.73 bits per heavy atom. The predicted octanol–water partition coefficient (Wildman–Crippen LogP) is 5.89. The topological polar surface area (TPSA) is 41.6 Å². The van der Waals surface area contributed by atoms with Crippen molar-refractivity contribution in [3.63, 3.8) is 0 Å². The maximum atomic E-state index is 13.1. The molecule has 138 valence electrons. The summed E-state index contributed by atoms with van der Waals surface area (Å²) >= 11 is 6.43. The average molecular weight is 373 g/mol. The van der Waals surface area contributed by atoms with Crippen molar-refractivity contribution in [2.45, 2.75) is 38.6 Å². The Bertz CT molecular complexity index is 750. The molecule has 2 amide bonds. The summed E-state index contributed by atoms with van der Waals surface area (Å²) in [5, 5.41) is 3.75. The number of ether oxygens (including phenoxy) is 1. The lowest BCUT2D eigenvalue weighted by Gasteiger charge is -2.31. The summed E-state index contributed by atoms with van der Waals surface area (Å²) in [7, 11) is 0. The van der Waals surface area contributed by atoms with Crippen LogP contribution in [-0.2, 0) is 0 Å². The Labute approximate surface area is 160 Å². The van der Waals surface area contributed by atoms with Crippen LogP contribution in [0.2, 0.25) is 5.02 Å². The van der Waals surface area contributed by atoms with Crippen molar-refractivity contribution in [1.82, 2.24) is 4.90 Å². The van der Waals surface area contributed by atoms with Crippen LogP contribution in [0.25, 0.3) is 0 Å². The molecular weight excluding hydrogens is 348 g/mol. The van der Waals surface area contributed by atoms with Crippen LogP contribution >= 0.6 is 11.6 Å². The lowest BCUT2D eigenvalue weighted by atomic mass is 10.0. The molecule has 0 spiro atoms. The fourth-order valence-electron chi connectivity index (χ4n) is 3.46. The van der Waals surface area contributed by atoms with Crippen molar-refractivity contribution in [2.24, 2.45) is 0 Å². The van der Waals surface area contributed by atoms with Crippen molar-refractivity contribution >= 4 is 23.3 Å². The van der Waals surface area contributed by atoms with E-state index in [4.69, 9.17) is 16.3 Å². The Hall–Kier alpha value is -2.20. The molecule has 26 heavy (non-hydrogen) atoms. The van der Waals surface area contributed by atoms with Crippen LogP contribution in [0.4, 0.5) is 10.5 Å². The number of anilines is 1. The summed E-state index contributed by atoms with van der Waals surface area (Å²) < 4.78 is 5.63. The molecule has 2 aromatic rings.